The fraction of sp³-hybridized carbons (Fsp3) is 0.944. The molecule has 3 rings (SSSR count). The smallest absolute Gasteiger partial charge is 0.248 e. The van der Waals surface area contributed by atoms with E-state index in [4.69, 9.17) is 4.74 Å². The van der Waals surface area contributed by atoms with E-state index in [0.717, 1.165) is 51.5 Å². The van der Waals surface area contributed by atoms with Crippen LogP contribution >= 0.6 is 0 Å². The van der Waals surface area contributed by atoms with E-state index in [1.165, 1.54) is 25.7 Å². The van der Waals surface area contributed by atoms with E-state index >= 15 is 0 Å². The molecule has 0 aromatic carbocycles. The van der Waals surface area contributed by atoms with Crippen molar-refractivity contribution in [2.45, 2.75) is 88.9 Å². The summed E-state index contributed by atoms with van der Waals surface area (Å²) in [6.45, 7) is 1.09. The van der Waals surface area contributed by atoms with E-state index in [1.54, 1.807) is 0 Å². The van der Waals surface area contributed by atoms with Gasteiger partial charge in [-0.15, -0.1) is 0 Å². The molecule has 0 aromatic rings. The van der Waals surface area contributed by atoms with Crippen LogP contribution in [0.4, 0.5) is 0 Å². The zero-order valence-corrected chi connectivity index (χ0v) is 13.7. The first kappa shape index (κ1) is 16.3. The van der Waals surface area contributed by atoms with Crippen LogP contribution in [0.5, 0.6) is 0 Å². The molecule has 1 amide bonds. The SMILES string of the molecule is O=C(COC1CCCCC1)N1CCCC1C1CCCCC1O. The number of likely N-dealkylation sites (tertiary alicyclic amines) is 1. The van der Waals surface area contributed by atoms with Crippen molar-refractivity contribution in [3.63, 3.8) is 0 Å². The number of aliphatic hydroxyl groups excluding tert-OH is 1. The molecule has 2 saturated carbocycles. The van der Waals surface area contributed by atoms with Crippen LogP contribution in [0.1, 0.15) is 70.6 Å². The quantitative estimate of drug-likeness (QED) is 0.869. The summed E-state index contributed by atoms with van der Waals surface area (Å²) in [5, 5.41) is 10.3. The fourth-order valence-electron chi connectivity index (χ4n) is 4.64. The van der Waals surface area contributed by atoms with Crippen molar-refractivity contribution in [3.8, 4) is 0 Å². The number of hydrogen-bond acceptors (Lipinski definition) is 3. The Hall–Kier alpha value is -0.610. The number of rotatable bonds is 4. The van der Waals surface area contributed by atoms with Gasteiger partial charge in [0.1, 0.15) is 6.61 Å². The zero-order valence-electron chi connectivity index (χ0n) is 13.7. The molecular formula is C18H31NO3. The Morgan fingerprint density at radius 3 is 2.45 bits per heavy atom. The second-order valence-corrected chi connectivity index (χ2v) is 7.38. The van der Waals surface area contributed by atoms with Gasteiger partial charge < -0.3 is 14.7 Å². The predicted molar refractivity (Wildman–Crippen MR) is 85.5 cm³/mol. The third-order valence-corrected chi connectivity index (χ3v) is 5.89. The van der Waals surface area contributed by atoms with Crippen molar-refractivity contribution in [2.75, 3.05) is 13.2 Å². The fourth-order valence-corrected chi connectivity index (χ4v) is 4.64. The Morgan fingerprint density at radius 1 is 0.955 bits per heavy atom. The normalized spacial score (nSPS) is 34.0. The number of carbonyl (C=O) groups excluding carboxylic acids is 1. The van der Waals surface area contributed by atoms with E-state index in [0.29, 0.717) is 6.10 Å². The maximum Gasteiger partial charge on any atom is 0.248 e. The first-order chi connectivity index (χ1) is 10.8. The average Bonchev–Trinajstić information content (AvgIpc) is 3.03. The number of carbonyl (C=O) groups is 1. The number of ether oxygens (including phenoxy) is 1. The van der Waals surface area contributed by atoms with Crippen molar-refractivity contribution in [1.82, 2.24) is 4.90 Å². The summed E-state index contributed by atoms with van der Waals surface area (Å²) < 4.78 is 5.87. The molecule has 126 valence electrons. The highest BCUT2D eigenvalue weighted by atomic mass is 16.5. The lowest BCUT2D eigenvalue weighted by molar-refractivity contribution is -0.141. The summed E-state index contributed by atoms with van der Waals surface area (Å²) in [5.74, 6) is 0.431. The summed E-state index contributed by atoms with van der Waals surface area (Å²) >= 11 is 0. The lowest BCUT2D eigenvalue weighted by Gasteiger charge is -2.37. The predicted octanol–water partition coefficient (Wildman–Crippen LogP) is 2.88. The molecule has 0 aromatic heterocycles. The molecule has 3 aliphatic rings. The zero-order chi connectivity index (χ0) is 15.4. The van der Waals surface area contributed by atoms with E-state index < -0.39 is 0 Å². The van der Waals surface area contributed by atoms with Gasteiger partial charge in [0.05, 0.1) is 12.2 Å². The summed E-state index contributed by atoms with van der Waals surface area (Å²) in [5.41, 5.74) is 0. The van der Waals surface area contributed by atoms with Crippen LogP contribution in [0.15, 0.2) is 0 Å². The Morgan fingerprint density at radius 2 is 1.68 bits per heavy atom. The molecule has 1 heterocycles. The molecule has 0 spiro atoms. The van der Waals surface area contributed by atoms with Gasteiger partial charge >= 0.3 is 0 Å². The third-order valence-electron chi connectivity index (χ3n) is 5.89. The first-order valence-corrected chi connectivity index (χ1v) is 9.35. The molecule has 4 nitrogen and oxygen atoms in total. The Kier molecular flexibility index (Phi) is 5.75. The largest absolute Gasteiger partial charge is 0.393 e. The molecule has 2 aliphatic carbocycles. The minimum absolute atomic E-state index is 0.144. The highest BCUT2D eigenvalue weighted by Crippen LogP contribution is 2.34. The van der Waals surface area contributed by atoms with E-state index in [1.807, 2.05) is 4.90 Å². The first-order valence-electron chi connectivity index (χ1n) is 9.35. The van der Waals surface area contributed by atoms with Crippen LogP contribution < -0.4 is 0 Å². The van der Waals surface area contributed by atoms with Gasteiger partial charge in [0.2, 0.25) is 5.91 Å². The van der Waals surface area contributed by atoms with Gasteiger partial charge in [0.15, 0.2) is 0 Å². The molecule has 3 atom stereocenters. The van der Waals surface area contributed by atoms with Gasteiger partial charge in [0.25, 0.3) is 0 Å². The molecule has 0 bridgehead atoms. The lowest BCUT2D eigenvalue weighted by atomic mass is 9.80. The molecular weight excluding hydrogens is 278 g/mol. The number of aliphatic hydroxyl groups is 1. The third kappa shape index (κ3) is 3.83. The second kappa shape index (κ2) is 7.78. The monoisotopic (exact) mass is 309 g/mol. The molecule has 1 saturated heterocycles. The van der Waals surface area contributed by atoms with Crippen LogP contribution in [0.2, 0.25) is 0 Å². The minimum Gasteiger partial charge on any atom is -0.393 e. The van der Waals surface area contributed by atoms with Gasteiger partial charge in [0, 0.05) is 18.5 Å². The molecule has 3 fully saturated rings. The standard InChI is InChI=1S/C18H31NO3/c20-17-11-5-4-9-15(17)16-10-6-12-19(16)18(21)13-22-14-7-2-1-3-8-14/h14-17,20H,1-13H2. The highest BCUT2D eigenvalue weighted by molar-refractivity contribution is 5.78. The maximum absolute atomic E-state index is 12.6. The van der Waals surface area contributed by atoms with Crippen LogP contribution in [0.3, 0.4) is 0 Å². The molecule has 4 heteroatoms. The van der Waals surface area contributed by atoms with Gasteiger partial charge in [-0.05, 0) is 38.5 Å². The van der Waals surface area contributed by atoms with Crippen LogP contribution in [0, 0.1) is 5.92 Å². The number of hydrogen-bond donors (Lipinski definition) is 1. The summed E-state index contributed by atoms with van der Waals surface area (Å²) in [4.78, 5) is 14.6. The van der Waals surface area contributed by atoms with Gasteiger partial charge in [-0.2, -0.15) is 0 Å². The van der Waals surface area contributed by atoms with Crippen LogP contribution in [0.25, 0.3) is 0 Å². The summed E-state index contributed by atoms with van der Waals surface area (Å²) in [7, 11) is 0. The van der Waals surface area contributed by atoms with Gasteiger partial charge in [-0.3, -0.25) is 4.79 Å². The van der Waals surface area contributed by atoms with Crippen molar-refractivity contribution >= 4 is 5.91 Å². The van der Waals surface area contributed by atoms with E-state index in [2.05, 4.69) is 0 Å². The van der Waals surface area contributed by atoms with Crippen molar-refractivity contribution in [2.24, 2.45) is 5.92 Å². The second-order valence-electron chi connectivity index (χ2n) is 7.38. The Labute approximate surface area is 134 Å². The Balaban J connectivity index is 1.51. The number of nitrogens with zero attached hydrogens (tertiary/aromatic N) is 1. The van der Waals surface area contributed by atoms with Crippen LogP contribution in [-0.4, -0.2) is 47.3 Å². The van der Waals surface area contributed by atoms with E-state index in [-0.39, 0.29) is 30.6 Å². The minimum atomic E-state index is -0.216. The topological polar surface area (TPSA) is 49.8 Å². The maximum atomic E-state index is 12.6. The average molecular weight is 309 g/mol. The lowest BCUT2D eigenvalue weighted by Crippen LogP contribution is -2.46. The van der Waals surface area contributed by atoms with Gasteiger partial charge in [-0.1, -0.05) is 32.1 Å². The number of amides is 1. The van der Waals surface area contributed by atoms with Gasteiger partial charge in [-0.25, -0.2) is 0 Å². The summed E-state index contributed by atoms with van der Waals surface area (Å²) in [6, 6.07) is 0.248. The van der Waals surface area contributed by atoms with E-state index in [9.17, 15) is 9.90 Å². The molecule has 0 radical (unpaired) electrons. The van der Waals surface area contributed by atoms with Crippen molar-refractivity contribution in [3.05, 3.63) is 0 Å². The molecule has 1 aliphatic heterocycles. The van der Waals surface area contributed by atoms with Crippen molar-refractivity contribution in [1.29, 1.82) is 0 Å². The molecule has 22 heavy (non-hydrogen) atoms. The van der Waals surface area contributed by atoms with Crippen LogP contribution in [-0.2, 0) is 9.53 Å². The summed E-state index contributed by atoms with van der Waals surface area (Å²) in [6.07, 6.45) is 12.5. The Bertz CT molecular complexity index is 367. The molecule has 3 unspecified atom stereocenters. The highest BCUT2D eigenvalue weighted by Gasteiger charge is 2.38. The van der Waals surface area contributed by atoms with Crippen molar-refractivity contribution < 1.29 is 14.6 Å². The molecule has 1 N–H and O–H groups in total.